The van der Waals surface area contributed by atoms with Gasteiger partial charge in [-0.25, -0.2) is 0 Å². The van der Waals surface area contributed by atoms with E-state index in [1.54, 1.807) is 6.92 Å². The highest BCUT2D eigenvalue weighted by molar-refractivity contribution is 5.91. The lowest BCUT2D eigenvalue weighted by molar-refractivity contribution is -0.175. The van der Waals surface area contributed by atoms with E-state index in [4.69, 9.17) is 18.9 Å². The Morgan fingerprint density at radius 2 is 1.79 bits per heavy atom. The molecule has 2 N–H and O–H groups in total. The minimum atomic E-state index is -1.79. The number of hydrogen-bond acceptors (Lipinski definition) is 8. The number of rotatable bonds is 3. The van der Waals surface area contributed by atoms with Crippen LogP contribution in [0.5, 0.6) is 0 Å². The van der Waals surface area contributed by atoms with Crippen LogP contribution in [0.4, 0.5) is 0 Å². The summed E-state index contributed by atoms with van der Waals surface area (Å²) in [6.07, 6.45) is -2.50. The maximum absolute atomic E-state index is 14.5. The zero-order valence-electron chi connectivity index (χ0n) is 23.0. The van der Waals surface area contributed by atoms with Gasteiger partial charge in [0.1, 0.15) is 29.3 Å². The first-order valence-corrected chi connectivity index (χ1v) is 14.2. The number of aliphatic hydroxyl groups is 1. The fourth-order valence-electron chi connectivity index (χ4n) is 8.82. The SMILES string of the molecule is CC(=O)OC1C2OC2C(C)(O)C(=O)C(C)CC2OC2C2C3OC3(C)C(C)C3C(Cc4ccccc4)NC(=O)C132. The molecular formula is C30H37NO8. The summed E-state index contributed by atoms with van der Waals surface area (Å²) in [5, 5.41) is 14.7. The van der Waals surface area contributed by atoms with Crippen molar-refractivity contribution in [2.24, 2.45) is 29.1 Å². The Hall–Kier alpha value is -2.33. The predicted octanol–water partition coefficient (Wildman–Crippen LogP) is 1.58. The van der Waals surface area contributed by atoms with E-state index in [1.165, 1.54) is 13.8 Å². The molecule has 0 radical (unpaired) electrons. The number of hydrogen-bond donors (Lipinski definition) is 2. The van der Waals surface area contributed by atoms with Crippen LogP contribution in [0.25, 0.3) is 0 Å². The molecule has 0 bridgehead atoms. The van der Waals surface area contributed by atoms with E-state index in [9.17, 15) is 19.5 Å². The molecule has 1 aromatic rings. The van der Waals surface area contributed by atoms with Gasteiger partial charge in [-0.15, -0.1) is 0 Å². The van der Waals surface area contributed by atoms with Gasteiger partial charge in [0.15, 0.2) is 5.78 Å². The maximum atomic E-state index is 14.5. The van der Waals surface area contributed by atoms with Gasteiger partial charge in [-0.1, -0.05) is 44.2 Å². The molecule has 210 valence electrons. The number of benzene rings is 1. The molecule has 6 fully saturated rings. The second kappa shape index (κ2) is 8.12. The average molecular weight is 540 g/mol. The number of epoxide rings is 3. The Bertz CT molecular complexity index is 1230. The van der Waals surface area contributed by atoms with Crippen molar-refractivity contribution >= 4 is 17.7 Å². The first-order valence-electron chi connectivity index (χ1n) is 14.2. The van der Waals surface area contributed by atoms with E-state index in [1.807, 2.05) is 30.3 Å². The lowest BCUT2D eigenvalue weighted by Crippen LogP contribution is -2.64. The largest absolute Gasteiger partial charge is 0.458 e. The monoisotopic (exact) mass is 539 g/mol. The van der Waals surface area contributed by atoms with Crippen LogP contribution < -0.4 is 5.32 Å². The summed E-state index contributed by atoms with van der Waals surface area (Å²) in [5.74, 6) is -2.25. The summed E-state index contributed by atoms with van der Waals surface area (Å²) >= 11 is 0. The Morgan fingerprint density at radius 3 is 2.49 bits per heavy atom. The lowest BCUT2D eigenvalue weighted by Gasteiger charge is -2.50. The van der Waals surface area contributed by atoms with Crippen molar-refractivity contribution in [2.45, 2.75) is 101 Å². The third-order valence-corrected chi connectivity index (χ3v) is 10.9. The summed E-state index contributed by atoms with van der Waals surface area (Å²) in [4.78, 5) is 40.5. The van der Waals surface area contributed by atoms with Crippen molar-refractivity contribution in [3.8, 4) is 0 Å². The van der Waals surface area contributed by atoms with Gasteiger partial charge in [0.25, 0.3) is 0 Å². The number of carbonyl (C=O) groups is 3. The van der Waals surface area contributed by atoms with Crippen LogP contribution in [-0.2, 0) is 39.8 Å². The number of amides is 1. The standard InChI is InChI=1S/C30H37NO8/c1-13-11-18-21(37-18)20-24-29(5,39-24)14(2)19-17(12-16-9-7-6-8-10-16)31-27(34)30(19,20)26(36-15(3)32)22-25(38-22)28(4,35)23(13)33/h6-10,13-14,17-22,24-26,35H,11-12H2,1-5H3,(H,31,34). The third kappa shape index (κ3) is 3.42. The number of esters is 1. The molecule has 4 saturated heterocycles. The molecule has 1 spiro atoms. The van der Waals surface area contributed by atoms with Crippen molar-refractivity contribution in [2.75, 3.05) is 0 Å². The molecule has 14 atom stereocenters. The van der Waals surface area contributed by atoms with Crippen LogP contribution in [0.15, 0.2) is 30.3 Å². The molecule has 9 nitrogen and oxygen atoms in total. The summed E-state index contributed by atoms with van der Waals surface area (Å²) in [6.45, 7) is 8.81. The van der Waals surface area contributed by atoms with Crippen LogP contribution in [0.3, 0.4) is 0 Å². The fourth-order valence-corrected chi connectivity index (χ4v) is 8.82. The molecule has 6 aliphatic rings. The van der Waals surface area contributed by atoms with Crippen molar-refractivity contribution in [3.05, 3.63) is 35.9 Å². The zero-order valence-corrected chi connectivity index (χ0v) is 23.0. The van der Waals surface area contributed by atoms with E-state index in [0.717, 1.165) is 5.56 Å². The summed E-state index contributed by atoms with van der Waals surface area (Å²) in [6, 6.07) is 9.79. The minimum absolute atomic E-state index is 0.0509. The fraction of sp³-hybridized carbons (Fsp3) is 0.700. The van der Waals surface area contributed by atoms with E-state index in [2.05, 4.69) is 19.2 Å². The second-order valence-electron chi connectivity index (χ2n) is 13.1. The first-order chi connectivity index (χ1) is 18.4. The quantitative estimate of drug-likeness (QED) is 0.438. The number of ether oxygens (including phenoxy) is 4. The minimum Gasteiger partial charge on any atom is -0.458 e. The van der Waals surface area contributed by atoms with E-state index in [0.29, 0.717) is 12.8 Å². The molecule has 1 amide bonds. The number of ketones is 1. The van der Waals surface area contributed by atoms with Gasteiger partial charge in [-0.3, -0.25) is 14.4 Å². The zero-order chi connectivity index (χ0) is 27.6. The molecule has 7 rings (SSSR count). The number of carbonyl (C=O) groups excluding carboxylic acids is 3. The van der Waals surface area contributed by atoms with Gasteiger partial charge in [0.05, 0.1) is 23.9 Å². The molecule has 39 heavy (non-hydrogen) atoms. The van der Waals surface area contributed by atoms with Gasteiger partial charge in [0.2, 0.25) is 5.91 Å². The van der Waals surface area contributed by atoms with Crippen molar-refractivity contribution in [1.29, 1.82) is 0 Å². The summed E-state index contributed by atoms with van der Waals surface area (Å²) in [7, 11) is 0. The number of fused-ring (bicyclic) bond motifs is 5. The summed E-state index contributed by atoms with van der Waals surface area (Å²) in [5.41, 5.74) is -2.36. The predicted molar refractivity (Wildman–Crippen MR) is 136 cm³/mol. The molecule has 2 aliphatic carbocycles. The average Bonchev–Trinajstić information content (AvgIpc) is 3.79. The Labute approximate surface area is 227 Å². The lowest BCUT2D eigenvalue weighted by atomic mass is 9.50. The maximum Gasteiger partial charge on any atom is 0.303 e. The molecule has 2 saturated carbocycles. The molecule has 1 aromatic carbocycles. The van der Waals surface area contributed by atoms with Crippen molar-refractivity contribution < 1.29 is 38.4 Å². The van der Waals surface area contributed by atoms with E-state index in [-0.39, 0.29) is 47.9 Å². The Balaban J connectivity index is 1.40. The van der Waals surface area contributed by atoms with Crippen LogP contribution in [0, 0.1) is 29.1 Å². The third-order valence-electron chi connectivity index (χ3n) is 10.9. The highest BCUT2D eigenvalue weighted by atomic mass is 16.6. The highest BCUT2D eigenvalue weighted by Crippen LogP contribution is 2.70. The summed E-state index contributed by atoms with van der Waals surface area (Å²) < 4.78 is 24.8. The topological polar surface area (TPSA) is 130 Å². The van der Waals surface area contributed by atoms with Crippen molar-refractivity contribution in [1.82, 2.24) is 5.32 Å². The Kier molecular flexibility index (Phi) is 5.33. The Morgan fingerprint density at radius 1 is 1.08 bits per heavy atom. The van der Waals surface area contributed by atoms with Crippen LogP contribution in [0.1, 0.15) is 46.6 Å². The number of nitrogens with one attached hydrogen (secondary N) is 1. The molecule has 4 aliphatic heterocycles. The smallest absolute Gasteiger partial charge is 0.303 e. The number of Topliss-reactive ketones (excluding diaryl/α,β-unsaturated/α-hetero) is 1. The molecule has 4 heterocycles. The molecule has 0 aromatic heterocycles. The van der Waals surface area contributed by atoms with E-state index >= 15 is 0 Å². The van der Waals surface area contributed by atoms with Gasteiger partial charge in [-0.05, 0) is 38.2 Å². The van der Waals surface area contributed by atoms with Crippen molar-refractivity contribution in [3.63, 3.8) is 0 Å². The molecule has 9 heteroatoms. The van der Waals surface area contributed by atoms with Gasteiger partial charge in [0, 0.05) is 30.7 Å². The van der Waals surface area contributed by atoms with Gasteiger partial charge >= 0.3 is 5.97 Å². The highest BCUT2D eigenvalue weighted by Gasteiger charge is 2.84. The van der Waals surface area contributed by atoms with Crippen LogP contribution >= 0.6 is 0 Å². The van der Waals surface area contributed by atoms with Crippen LogP contribution in [0.2, 0.25) is 0 Å². The normalized spacial score (nSPS) is 53.0. The van der Waals surface area contributed by atoms with Gasteiger partial charge in [-0.2, -0.15) is 0 Å². The molecular weight excluding hydrogens is 502 g/mol. The molecule has 14 unspecified atom stereocenters. The van der Waals surface area contributed by atoms with Crippen LogP contribution in [-0.4, -0.2) is 76.6 Å². The van der Waals surface area contributed by atoms with E-state index < -0.39 is 52.7 Å². The first kappa shape index (κ1) is 25.6. The van der Waals surface area contributed by atoms with Gasteiger partial charge < -0.3 is 29.4 Å². The second-order valence-corrected chi connectivity index (χ2v) is 13.1.